The van der Waals surface area contributed by atoms with E-state index in [1.807, 2.05) is 29.8 Å². The molecule has 5 nitrogen and oxygen atoms in total. The minimum atomic E-state index is -0.624. The van der Waals surface area contributed by atoms with Gasteiger partial charge in [-0.05, 0) is 39.7 Å². The highest BCUT2D eigenvalue weighted by atomic mass is 127. The highest BCUT2D eigenvalue weighted by molar-refractivity contribution is 14.0. The highest BCUT2D eigenvalue weighted by Crippen LogP contribution is 2.17. The van der Waals surface area contributed by atoms with Crippen LogP contribution >= 0.6 is 39.9 Å². The quantitative estimate of drug-likeness (QED) is 0.376. The fraction of sp³-hybridized carbons (Fsp3) is 0.312. The van der Waals surface area contributed by atoms with E-state index in [0.717, 1.165) is 15.7 Å². The van der Waals surface area contributed by atoms with E-state index < -0.39 is 5.82 Å². The molecule has 8 heteroatoms. The predicted octanol–water partition coefficient (Wildman–Crippen LogP) is 3.46. The van der Waals surface area contributed by atoms with Crippen LogP contribution in [0.25, 0.3) is 0 Å². The largest absolute Gasteiger partial charge is 0.505 e. The Morgan fingerprint density at radius 1 is 1.42 bits per heavy atom. The lowest BCUT2D eigenvalue weighted by atomic mass is 10.2. The highest BCUT2D eigenvalue weighted by Gasteiger charge is 2.10. The third-order valence-electron chi connectivity index (χ3n) is 3.51. The Morgan fingerprint density at radius 3 is 2.67 bits per heavy atom. The average Bonchev–Trinajstić information content (AvgIpc) is 2.81. The molecule has 0 spiro atoms. The number of nitrogens with zero attached hydrogens (tertiary/aromatic N) is 3. The van der Waals surface area contributed by atoms with Crippen molar-refractivity contribution >= 4 is 45.9 Å². The Bertz CT molecular complexity index is 720. The van der Waals surface area contributed by atoms with Gasteiger partial charge in [0.1, 0.15) is 0 Å². The summed E-state index contributed by atoms with van der Waals surface area (Å²) in [6.45, 7) is 1.11. The molecule has 0 saturated carbocycles. The van der Waals surface area contributed by atoms with Gasteiger partial charge in [-0.2, -0.15) is 0 Å². The minimum absolute atomic E-state index is 0. The average molecular weight is 511 g/mol. The molecule has 2 rings (SSSR count). The predicted molar refractivity (Wildman–Crippen MR) is 108 cm³/mol. The molecule has 0 fully saturated rings. The molecule has 0 unspecified atom stereocenters. The second kappa shape index (κ2) is 9.26. The molecule has 2 aromatic rings. The van der Waals surface area contributed by atoms with E-state index in [1.165, 1.54) is 12.1 Å². The number of aliphatic imine (C=N–C) groups is 1. The van der Waals surface area contributed by atoms with Gasteiger partial charge < -0.3 is 19.9 Å². The number of hydrogen-bond donors (Lipinski definition) is 2. The summed E-state index contributed by atoms with van der Waals surface area (Å²) in [5, 5.41) is 12.4. The third kappa shape index (κ3) is 5.37. The second-order valence-electron chi connectivity index (χ2n) is 5.30. The maximum atomic E-state index is 13.4. The first-order chi connectivity index (χ1) is 10.9. The number of aryl methyl sites for hydroxylation is 1. The number of nitrogens with one attached hydrogen (secondary N) is 1. The number of aromatic nitrogens is 1. The number of benzene rings is 1. The second-order valence-corrected chi connectivity index (χ2v) is 6.22. The van der Waals surface area contributed by atoms with Crippen LogP contribution in [0.3, 0.4) is 0 Å². The molecule has 0 aliphatic heterocycles. The van der Waals surface area contributed by atoms with Gasteiger partial charge in [-0.25, -0.2) is 4.39 Å². The lowest BCUT2D eigenvalue weighted by Gasteiger charge is -2.22. The zero-order valence-electron chi connectivity index (χ0n) is 13.8. The van der Waals surface area contributed by atoms with Gasteiger partial charge in [0.25, 0.3) is 0 Å². The van der Waals surface area contributed by atoms with Crippen molar-refractivity contribution in [1.82, 2.24) is 14.8 Å². The van der Waals surface area contributed by atoms with E-state index in [4.69, 9.17) is 0 Å². The summed E-state index contributed by atoms with van der Waals surface area (Å²) in [6.07, 6.45) is 2.00. The van der Waals surface area contributed by atoms with Crippen LogP contribution < -0.4 is 5.32 Å². The number of phenols is 1. The molecule has 0 radical (unpaired) electrons. The zero-order chi connectivity index (χ0) is 17.0. The molecule has 0 atom stereocenters. The lowest BCUT2D eigenvalue weighted by molar-refractivity contribution is 0.431. The molecular formula is C16H21BrFIN4O. The Balaban J connectivity index is 0.00000288. The van der Waals surface area contributed by atoms with Crippen molar-refractivity contribution in [2.24, 2.45) is 12.0 Å². The summed E-state index contributed by atoms with van der Waals surface area (Å²) in [6, 6.07) is 6.39. The zero-order valence-corrected chi connectivity index (χ0v) is 17.7. The molecular weight excluding hydrogens is 490 g/mol. The molecule has 2 N–H and O–H groups in total. The Morgan fingerprint density at radius 2 is 2.12 bits per heavy atom. The maximum Gasteiger partial charge on any atom is 0.194 e. The van der Waals surface area contributed by atoms with Crippen molar-refractivity contribution in [2.75, 3.05) is 14.1 Å². The number of guanidine groups is 1. The first kappa shape index (κ1) is 20.8. The molecule has 0 amide bonds. The normalized spacial score (nSPS) is 11.1. The summed E-state index contributed by atoms with van der Waals surface area (Å²) < 4.78 is 16.4. The standard InChI is InChI=1S/C16H20BrFN4O.HI/c1-19-16(20-8-11-4-5-15(23)14(18)6-11)22(3)10-13-7-12(17)9-21(13)2;/h4-7,9,23H,8,10H2,1-3H3,(H,19,20);1H. The number of halogens is 3. The fourth-order valence-corrected chi connectivity index (χ4v) is 2.84. The monoisotopic (exact) mass is 510 g/mol. The van der Waals surface area contributed by atoms with E-state index in [-0.39, 0.29) is 29.7 Å². The minimum Gasteiger partial charge on any atom is -0.505 e. The number of hydrogen-bond acceptors (Lipinski definition) is 2. The molecule has 0 aliphatic carbocycles. The summed E-state index contributed by atoms with van der Waals surface area (Å²) in [5.41, 5.74) is 1.87. The molecule has 0 bridgehead atoms. The summed E-state index contributed by atoms with van der Waals surface area (Å²) in [4.78, 5) is 6.23. The van der Waals surface area contributed by atoms with Crippen molar-refractivity contribution in [3.05, 3.63) is 52.0 Å². The van der Waals surface area contributed by atoms with Crippen molar-refractivity contribution in [3.8, 4) is 5.75 Å². The van der Waals surface area contributed by atoms with E-state index in [1.54, 1.807) is 13.1 Å². The number of phenolic OH excluding ortho intramolecular Hbond substituents is 1. The van der Waals surface area contributed by atoms with Crippen LogP contribution in [0, 0.1) is 5.82 Å². The van der Waals surface area contributed by atoms with Gasteiger partial charge in [-0.3, -0.25) is 4.99 Å². The van der Waals surface area contributed by atoms with Crippen LogP contribution in [0.5, 0.6) is 5.75 Å². The number of aromatic hydroxyl groups is 1. The lowest BCUT2D eigenvalue weighted by Crippen LogP contribution is -2.38. The molecule has 1 aromatic heterocycles. The summed E-state index contributed by atoms with van der Waals surface area (Å²) in [5.74, 6) is -0.262. The molecule has 1 heterocycles. The van der Waals surface area contributed by atoms with E-state index >= 15 is 0 Å². The Hall–Kier alpha value is -1.29. The molecule has 0 saturated heterocycles. The van der Waals surface area contributed by atoms with Crippen LogP contribution in [0.4, 0.5) is 4.39 Å². The van der Waals surface area contributed by atoms with Crippen LogP contribution in [0.2, 0.25) is 0 Å². The molecule has 0 aliphatic rings. The van der Waals surface area contributed by atoms with Gasteiger partial charge in [0.05, 0.1) is 6.54 Å². The Labute approximate surface area is 166 Å². The topological polar surface area (TPSA) is 52.8 Å². The summed E-state index contributed by atoms with van der Waals surface area (Å²) in [7, 11) is 5.63. The van der Waals surface area contributed by atoms with Gasteiger partial charge in [-0.1, -0.05) is 6.07 Å². The van der Waals surface area contributed by atoms with Gasteiger partial charge in [-0.15, -0.1) is 24.0 Å². The van der Waals surface area contributed by atoms with Crippen LogP contribution in [0.15, 0.2) is 39.9 Å². The van der Waals surface area contributed by atoms with Crippen LogP contribution in [-0.2, 0) is 20.1 Å². The van der Waals surface area contributed by atoms with Gasteiger partial charge in [0.15, 0.2) is 17.5 Å². The van der Waals surface area contributed by atoms with Crippen LogP contribution in [0.1, 0.15) is 11.3 Å². The maximum absolute atomic E-state index is 13.4. The van der Waals surface area contributed by atoms with E-state index in [0.29, 0.717) is 19.0 Å². The van der Waals surface area contributed by atoms with Crippen molar-refractivity contribution in [1.29, 1.82) is 0 Å². The first-order valence-electron chi connectivity index (χ1n) is 7.10. The fourth-order valence-electron chi connectivity index (χ4n) is 2.27. The molecule has 132 valence electrons. The van der Waals surface area contributed by atoms with Crippen LogP contribution in [-0.4, -0.2) is 34.6 Å². The van der Waals surface area contributed by atoms with Crippen molar-refractivity contribution in [2.45, 2.75) is 13.1 Å². The molecule has 1 aromatic carbocycles. The van der Waals surface area contributed by atoms with Gasteiger partial charge in [0, 0.05) is 44.1 Å². The summed E-state index contributed by atoms with van der Waals surface area (Å²) >= 11 is 3.46. The van der Waals surface area contributed by atoms with Crippen molar-refractivity contribution in [3.63, 3.8) is 0 Å². The van der Waals surface area contributed by atoms with E-state index in [9.17, 15) is 9.50 Å². The van der Waals surface area contributed by atoms with E-state index in [2.05, 4.69) is 32.3 Å². The smallest absolute Gasteiger partial charge is 0.194 e. The first-order valence-corrected chi connectivity index (χ1v) is 7.90. The SMILES string of the molecule is CN=C(NCc1ccc(O)c(F)c1)N(C)Cc1cc(Br)cn1C.I. The molecule has 24 heavy (non-hydrogen) atoms. The van der Waals surface area contributed by atoms with Gasteiger partial charge in [0.2, 0.25) is 0 Å². The number of rotatable bonds is 4. The Kier molecular flexibility index (Phi) is 8.01. The third-order valence-corrected chi connectivity index (χ3v) is 3.94. The van der Waals surface area contributed by atoms with Gasteiger partial charge >= 0.3 is 0 Å². The van der Waals surface area contributed by atoms with Crippen molar-refractivity contribution < 1.29 is 9.50 Å².